The van der Waals surface area contributed by atoms with Crippen LogP contribution < -0.4 is 20.3 Å². The summed E-state index contributed by atoms with van der Waals surface area (Å²) in [5, 5.41) is 5.52. The second kappa shape index (κ2) is 9.09. The van der Waals surface area contributed by atoms with Crippen LogP contribution in [0.15, 0.2) is 60.8 Å². The van der Waals surface area contributed by atoms with Gasteiger partial charge in [0, 0.05) is 25.6 Å². The Morgan fingerprint density at radius 3 is 2.59 bits per heavy atom. The van der Waals surface area contributed by atoms with Crippen molar-refractivity contribution in [1.29, 1.82) is 0 Å². The number of hydrogen-bond donors (Lipinski definition) is 2. The summed E-state index contributed by atoms with van der Waals surface area (Å²) in [6, 6.07) is 12.6. The summed E-state index contributed by atoms with van der Waals surface area (Å²) >= 11 is 0. The number of carbonyl (C=O) groups excluding carboxylic acids is 2. The summed E-state index contributed by atoms with van der Waals surface area (Å²) in [5.74, 6) is -2.16. The van der Waals surface area contributed by atoms with Gasteiger partial charge < -0.3 is 15.4 Å². The first-order valence-corrected chi connectivity index (χ1v) is 10.7. The van der Waals surface area contributed by atoms with Gasteiger partial charge in [-0.1, -0.05) is 30.3 Å². The zero-order chi connectivity index (χ0) is 24.5. The Balaban J connectivity index is 1.67. The maximum atomic E-state index is 14.7. The molecule has 1 unspecified atom stereocenters. The number of benzene rings is 2. The fourth-order valence-corrected chi connectivity index (χ4v) is 3.71. The molecule has 176 valence electrons. The van der Waals surface area contributed by atoms with Gasteiger partial charge >= 0.3 is 6.03 Å². The lowest BCUT2D eigenvalue weighted by molar-refractivity contribution is -0.115. The Kier molecular flexibility index (Phi) is 6.19. The molecular formula is C25H24F2N4O3. The van der Waals surface area contributed by atoms with Crippen LogP contribution in [0.5, 0.6) is 5.75 Å². The van der Waals surface area contributed by atoms with Crippen LogP contribution >= 0.6 is 0 Å². The molecule has 0 saturated heterocycles. The molecule has 7 nitrogen and oxygen atoms in total. The average Bonchev–Trinajstić information content (AvgIpc) is 2.76. The second-order valence-corrected chi connectivity index (χ2v) is 8.46. The molecule has 2 heterocycles. The van der Waals surface area contributed by atoms with E-state index in [9.17, 15) is 18.4 Å². The SMILES string of the molecule is Cc1cnc2c(c1)NC(=O)CN2C(=O)NC(c1ccc(OC(C)(C)F)cc1)c1ccccc1F. The summed E-state index contributed by atoms with van der Waals surface area (Å²) in [6.07, 6.45) is 1.59. The number of fused-ring (bicyclic) bond motifs is 1. The monoisotopic (exact) mass is 466 g/mol. The van der Waals surface area contributed by atoms with E-state index >= 15 is 0 Å². The minimum absolute atomic E-state index is 0.230. The maximum absolute atomic E-state index is 14.7. The highest BCUT2D eigenvalue weighted by Crippen LogP contribution is 2.31. The van der Waals surface area contributed by atoms with Crippen LogP contribution in [0.3, 0.4) is 0 Å². The first kappa shape index (κ1) is 23.2. The van der Waals surface area contributed by atoms with Gasteiger partial charge in [0.2, 0.25) is 11.8 Å². The smallest absolute Gasteiger partial charge is 0.324 e. The molecule has 0 fully saturated rings. The molecule has 4 rings (SSSR count). The summed E-state index contributed by atoms with van der Waals surface area (Å²) in [4.78, 5) is 31.0. The number of alkyl halides is 1. The van der Waals surface area contributed by atoms with E-state index in [-0.39, 0.29) is 23.8 Å². The fraction of sp³-hybridized carbons (Fsp3) is 0.240. The first-order valence-electron chi connectivity index (χ1n) is 10.7. The quantitative estimate of drug-likeness (QED) is 0.562. The Morgan fingerprint density at radius 1 is 1.21 bits per heavy atom. The van der Waals surface area contributed by atoms with E-state index in [2.05, 4.69) is 15.6 Å². The molecule has 2 N–H and O–H groups in total. The van der Waals surface area contributed by atoms with Crippen LogP contribution in [-0.2, 0) is 4.79 Å². The Hall–Kier alpha value is -4.01. The molecule has 0 aliphatic carbocycles. The van der Waals surface area contributed by atoms with E-state index in [1.54, 1.807) is 54.7 Å². The Labute approximate surface area is 195 Å². The van der Waals surface area contributed by atoms with E-state index in [1.165, 1.54) is 24.8 Å². The molecule has 0 spiro atoms. The number of pyridine rings is 1. The maximum Gasteiger partial charge on any atom is 0.324 e. The van der Waals surface area contributed by atoms with Crippen LogP contribution in [0, 0.1) is 12.7 Å². The number of hydrogen-bond acceptors (Lipinski definition) is 4. The van der Waals surface area contributed by atoms with Crippen molar-refractivity contribution in [3.8, 4) is 5.75 Å². The number of ether oxygens (including phenoxy) is 1. The normalized spacial score (nSPS) is 14.1. The summed E-state index contributed by atoms with van der Waals surface area (Å²) in [6.45, 7) is 4.15. The molecule has 1 aliphatic heterocycles. The minimum atomic E-state index is -1.87. The number of urea groups is 1. The molecular weight excluding hydrogens is 442 g/mol. The number of rotatable bonds is 5. The van der Waals surface area contributed by atoms with Crippen LogP contribution in [0.1, 0.15) is 36.6 Å². The highest BCUT2D eigenvalue weighted by Gasteiger charge is 2.31. The molecule has 9 heteroatoms. The third-order valence-corrected chi connectivity index (χ3v) is 5.14. The molecule has 3 aromatic rings. The standard InChI is InChI=1S/C25H24F2N4O3/c1-15-12-20-23(28-13-15)31(14-21(32)29-20)24(33)30-22(18-6-4-5-7-19(18)26)16-8-10-17(11-9-16)34-25(2,3)27/h4-13,22H,14H2,1-3H3,(H,29,32)(H,30,33). The summed E-state index contributed by atoms with van der Waals surface area (Å²) < 4.78 is 33.8. The molecule has 1 aromatic heterocycles. The van der Waals surface area contributed by atoms with Gasteiger partial charge in [-0.2, -0.15) is 4.39 Å². The highest BCUT2D eigenvalue weighted by atomic mass is 19.2. The van der Waals surface area contributed by atoms with E-state index in [4.69, 9.17) is 4.74 Å². The van der Waals surface area contributed by atoms with E-state index in [1.807, 2.05) is 6.92 Å². The van der Waals surface area contributed by atoms with Crippen molar-refractivity contribution >= 4 is 23.4 Å². The zero-order valence-corrected chi connectivity index (χ0v) is 18.9. The fourth-order valence-electron chi connectivity index (χ4n) is 3.71. The molecule has 34 heavy (non-hydrogen) atoms. The average molecular weight is 466 g/mol. The van der Waals surface area contributed by atoms with Crippen LogP contribution in [0.25, 0.3) is 0 Å². The minimum Gasteiger partial charge on any atom is -0.459 e. The lowest BCUT2D eigenvalue weighted by Crippen LogP contribution is -2.48. The Morgan fingerprint density at radius 2 is 1.91 bits per heavy atom. The summed E-state index contributed by atoms with van der Waals surface area (Å²) in [7, 11) is 0. The molecule has 0 radical (unpaired) electrons. The van der Waals surface area contributed by atoms with Crippen LogP contribution in [0.4, 0.5) is 25.1 Å². The van der Waals surface area contributed by atoms with Gasteiger partial charge in [-0.25, -0.2) is 14.2 Å². The van der Waals surface area contributed by atoms with Gasteiger partial charge in [-0.05, 0) is 42.3 Å². The molecule has 2 aromatic carbocycles. The first-order chi connectivity index (χ1) is 16.1. The van der Waals surface area contributed by atoms with Crippen molar-refractivity contribution in [2.75, 3.05) is 16.8 Å². The van der Waals surface area contributed by atoms with E-state index in [0.717, 1.165) is 5.56 Å². The highest BCUT2D eigenvalue weighted by molar-refractivity contribution is 6.08. The van der Waals surface area contributed by atoms with Gasteiger partial charge in [0.05, 0.1) is 11.7 Å². The van der Waals surface area contributed by atoms with Crippen molar-refractivity contribution in [2.24, 2.45) is 0 Å². The van der Waals surface area contributed by atoms with Gasteiger partial charge in [-0.3, -0.25) is 9.69 Å². The van der Waals surface area contributed by atoms with E-state index < -0.39 is 23.7 Å². The topological polar surface area (TPSA) is 83.6 Å². The van der Waals surface area contributed by atoms with Gasteiger partial charge in [0.15, 0.2) is 5.82 Å². The number of anilines is 2. The number of nitrogens with zero attached hydrogens (tertiary/aromatic N) is 2. The van der Waals surface area contributed by atoms with Crippen molar-refractivity contribution in [3.63, 3.8) is 0 Å². The van der Waals surface area contributed by atoms with Crippen LogP contribution in [0.2, 0.25) is 0 Å². The molecule has 3 amide bonds. The molecule has 0 bridgehead atoms. The Bertz CT molecular complexity index is 1230. The van der Waals surface area contributed by atoms with Crippen molar-refractivity contribution < 1.29 is 23.1 Å². The number of amides is 3. The number of aromatic nitrogens is 1. The number of nitrogens with one attached hydrogen (secondary N) is 2. The van der Waals surface area contributed by atoms with Crippen molar-refractivity contribution in [2.45, 2.75) is 32.7 Å². The van der Waals surface area contributed by atoms with Crippen LogP contribution in [-0.4, -0.2) is 29.3 Å². The molecule has 0 saturated carbocycles. The third-order valence-electron chi connectivity index (χ3n) is 5.14. The zero-order valence-electron chi connectivity index (χ0n) is 18.9. The van der Waals surface area contributed by atoms with Gasteiger partial charge in [0.1, 0.15) is 18.1 Å². The van der Waals surface area contributed by atoms with Crippen molar-refractivity contribution in [3.05, 3.63) is 83.3 Å². The number of halogens is 2. The molecule has 1 atom stereocenters. The largest absolute Gasteiger partial charge is 0.459 e. The third kappa shape index (κ3) is 5.14. The van der Waals surface area contributed by atoms with Gasteiger partial charge in [0.25, 0.3) is 0 Å². The lowest BCUT2D eigenvalue weighted by Gasteiger charge is -2.30. The summed E-state index contributed by atoms with van der Waals surface area (Å²) in [5.41, 5.74) is 2.02. The predicted octanol–water partition coefficient (Wildman–Crippen LogP) is 4.87. The predicted molar refractivity (Wildman–Crippen MR) is 124 cm³/mol. The van der Waals surface area contributed by atoms with Gasteiger partial charge in [-0.15, -0.1) is 0 Å². The number of aryl methyl sites for hydroxylation is 1. The van der Waals surface area contributed by atoms with Crippen molar-refractivity contribution in [1.82, 2.24) is 10.3 Å². The molecule has 1 aliphatic rings. The second-order valence-electron chi connectivity index (χ2n) is 8.46. The number of carbonyl (C=O) groups is 2. The lowest BCUT2D eigenvalue weighted by atomic mass is 9.98. The van der Waals surface area contributed by atoms with E-state index in [0.29, 0.717) is 17.1 Å².